The van der Waals surface area contributed by atoms with Gasteiger partial charge in [-0.2, -0.15) is 0 Å². The van der Waals surface area contributed by atoms with Crippen molar-refractivity contribution in [2.75, 3.05) is 0 Å². The number of hydrogen-bond donors (Lipinski definition) is 0. The molecule has 6 heteroatoms. The lowest BCUT2D eigenvalue weighted by atomic mass is 10.1. The third-order valence-corrected chi connectivity index (χ3v) is 5.12. The van der Waals surface area contributed by atoms with Crippen LogP contribution in [0.3, 0.4) is 0 Å². The molecule has 0 aliphatic heterocycles. The van der Waals surface area contributed by atoms with Gasteiger partial charge in [0.25, 0.3) is 0 Å². The molecule has 3 aromatic carbocycles. The molecule has 154 valence electrons. The molecule has 1 heterocycles. The van der Waals surface area contributed by atoms with E-state index >= 15 is 0 Å². The van der Waals surface area contributed by atoms with E-state index in [2.05, 4.69) is 4.98 Å². The Bertz CT molecular complexity index is 1200. The number of carbonyl (C=O) groups excluding carboxylic acids is 1. The van der Waals surface area contributed by atoms with Gasteiger partial charge in [-0.3, -0.25) is 0 Å². The first-order valence-corrected chi connectivity index (χ1v) is 10.3. The summed E-state index contributed by atoms with van der Waals surface area (Å²) < 4.78 is 7.75. The second-order valence-electron chi connectivity index (χ2n) is 6.81. The van der Waals surface area contributed by atoms with Crippen molar-refractivity contribution in [1.82, 2.24) is 9.55 Å². The number of halogens is 2. The lowest BCUT2D eigenvalue weighted by molar-refractivity contribution is 0.0693. The summed E-state index contributed by atoms with van der Waals surface area (Å²) in [6.45, 7) is 0.645. The van der Waals surface area contributed by atoms with Crippen molar-refractivity contribution in [3.8, 4) is 0 Å². The van der Waals surface area contributed by atoms with E-state index in [1.807, 2.05) is 41.1 Å². The fourth-order valence-electron chi connectivity index (χ4n) is 3.02. The zero-order valence-electron chi connectivity index (χ0n) is 16.4. The van der Waals surface area contributed by atoms with Crippen molar-refractivity contribution in [2.45, 2.75) is 6.54 Å². The number of benzene rings is 3. The van der Waals surface area contributed by atoms with E-state index in [-0.39, 0.29) is 0 Å². The minimum atomic E-state index is -0.487. The molecule has 0 fully saturated rings. The van der Waals surface area contributed by atoms with E-state index in [0.717, 1.165) is 5.56 Å². The molecule has 0 aliphatic carbocycles. The van der Waals surface area contributed by atoms with Crippen LogP contribution in [0.25, 0.3) is 11.8 Å². The van der Waals surface area contributed by atoms with Crippen molar-refractivity contribution in [3.05, 3.63) is 124 Å². The third kappa shape index (κ3) is 5.43. The van der Waals surface area contributed by atoms with Gasteiger partial charge >= 0.3 is 5.97 Å². The van der Waals surface area contributed by atoms with Crippen LogP contribution in [0.4, 0.5) is 0 Å². The maximum atomic E-state index is 12.8. The number of aromatic nitrogens is 2. The van der Waals surface area contributed by atoms with E-state index in [0.29, 0.717) is 39.3 Å². The van der Waals surface area contributed by atoms with Gasteiger partial charge in [-0.15, -0.1) is 0 Å². The summed E-state index contributed by atoms with van der Waals surface area (Å²) in [6, 6.07) is 23.7. The first kappa shape index (κ1) is 20.9. The summed E-state index contributed by atoms with van der Waals surface area (Å²) in [7, 11) is 0. The van der Waals surface area contributed by atoms with E-state index in [1.54, 1.807) is 60.8 Å². The molecule has 0 unspecified atom stereocenters. The smallest absolute Gasteiger partial charge is 0.343 e. The highest BCUT2D eigenvalue weighted by Crippen LogP contribution is 2.23. The van der Waals surface area contributed by atoms with Gasteiger partial charge in [-0.05, 0) is 54.1 Å². The molecule has 0 N–H and O–H groups in total. The molecule has 0 amide bonds. The van der Waals surface area contributed by atoms with E-state index in [1.165, 1.54) is 0 Å². The predicted molar refractivity (Wildman–Crippen MR) is 124 cm³/mol. The van der Waals surface area contributed by atoms with E-state index < -0.39 is 5.97 Å². The molecule has 4 rings (SSSR count). The zero-order chi connectivity index (χ0) is 21.6. The molecular formula is C25H18Cl2N2O2. The molecule has 1 aromatic heterocycles. The summed E-state index contributed by atoms with van der Waals surface area (Å²) in [4.78, 5) is 17.2. The average molecular weight is 449 g/mol. The number of ether oxygens (including phenoxy) is 1. The number of hydrogen-bond acceptors (Lipinski definition) is 3. The Kier molecular flexibility index (Phi) is 6.51. The highest BCUT2D eigenvalue weighted by Gasteiger charge is 2.14. The van der Waals surface area contributed by atoms with Crippen LogP contribution in [0.15, 0.2) is 91.3 Å². The van der Waals surface area contributed by atoms with Crippen LogP contribution in [0.2, 0.25) is 10.0 Å². The second kappa shape index (κ2) is 9.65. The summed E-state index contributed by atoms with van der Waals surface area (Å²) in [5.41, 5.74) is 2.25. The van der Waals surface area contributed by atoms with Crippen molar-refractivity contribution >= 4 is 41.0 Å². The summed E-state index contributed by atoms with van der Waals surface area (Å²) in [6.07, 6.45) is 5.36. The van der Waals surface area contributed by atoms with Crippen LogP contribution in [-0.4, -0.2) is 15.5 Å². The standard InChI is InChI=1S/C25H18Cl2N2O2/c26-21-10-6-19(7-11-21)23(31-25(30)20-8-12-22(27)13-9-20)16-24-28-14-15-29(24)17-18-4-2-1-3-5-18/h1-16H,17H2. The highest BCUT2D eigenvalue weighted by molar-refractivity contribution is 6.31. The van der Waals surface area contributed by atoms with Crippen LogP contribution in [-0.2, 0) is 11.3 Å². The molecule has 0 saturated heterocycles. The molecule has 0 spiro atoms. The Morgan fingerprint density at radius 2 is 1.48 bits per heavy atom. The Labute approximate surface area is 190 Å². The maximum Gasteiger partial charge on any atom is 0.343 e. The lowest BCUT2D eigenvalue weighted by Gasteiger charge is -2.11. The van der Waals surface area contributed by atoms with Gasteiger partial charge in [-0.25, -0.2) is 9.78 Å². The minimum Gasteiger partial charge on any atom is -0.422 e. The van der Waals surface area contributed by atoms with Crippen LogP contribution in [0, 0.1) is 0 Å². The van der Waals surface area contributed by atoms with Crippen molar-refractivity contribution in [3.63, 3.8) is 0 Å². The van der Waals surface area contributed by atoms with E-state index in [9.17, 15) is 4.79 Å². The summed E-state index contributed by atoms with van der Waals surface area (Å²) in [5, 5.41) is 1.14. The van der Waals surface area contributed by atoms with Gasteiger partial charge < -0.3 is 9.30 Å². The molecular weight excluding hydrogens is 431 g/mol. The Morgan fingerprint density at radius 3 is 2.13 bits per heavy atom. The normalized spacial score (nSPS) is 11.4. The van der Waals surface area contributed by atoms with Gasteiger partial charge in [0.1, 0.15) is 11.6 Å². The Morgan fingerprint density at radius 1 is 0.871 bits per heavy atom. The van der Waals surface area contributed by atoms with Gasteiger partial charge in [0, 0.05) is 40.6 Å². The quantitative estimate of drug-likeness (QED) is 0.246. The zero-order valence-corrected chi connectivity index (χ0v) is 17.9. The van der Waals surface area contributed by atoms with Crippen molar-refractivity contribution in [1.29, 1.82) is 0 Å². The number of nitrogens with zero attached hydrogens (tertiary/aromatic N) is 2. The number of rotatable bonds is 6. The van der Waals surface area contributed by atoms with Gasteiger partial charge in [0.15, 0.2) is 0 Å². The SMILES string of the molecule is O=C(OC(=Cc1nccn1Cc1ccccc1)c1ccc(Cl)cc1)c1ccc(Cl)cc1. The van der Waals surface area contributed by atoms with Crippen molar-refractivity contribution in [2.24, 2.45) is 0 Å². The fourth-order valence-corrected chi connectivity index (χ4v) is 3.27. The average Bonchev–Trinajstić information content (AvgIpc) is 3.21. The largest absolute Gasteiger partial charge is 0.422 e. The summed E-state index contributed by atoms with van der Waals surface area (Å²) >= 11 is 12.0. The van der Waals surface area contributed by atoms with Crippen LogP contribution in [0.1, 0.15) is 27.3 Å². The van der Waals surface area contributed by atoms with Crippen LogP contribution in [0.5, 0.6) is 0 Å². The molecule has 0 saturated carbocycles. The lowest BCUT2D eigenvalue weighted by Crippen LogP contribution is -2.06. The maximum absolute atomic E-state index is 12.8. The Hall–Kier alpha value is -3.34. The molecule has 0 atom stereocenters. The fraction of sp³-hybridized carbons (Fsp3) is 0.0400. The predicted octanol–water partition coefficient (Wildman–Crippen LogP) is 6.59. The van der Waals surface area contributed by atoms with Gasteiger partial charge in [-0.1, -0.05) is 53.5 Å². The Balaban J connectivity index is 1.67. The molecule has 0 radical (unpaired) electrons. The minimum absolute atomic E-state index is 0.372. The second-order valence-corrected chi connectivity index (χ2v) is 7.68. The molecule has 0 bridgehead atoms. The van der Waals surface area contributed by atoms with Crippen molar-refractivity contribution < 1.29 is 9.53 Å². The molecule has 0 aliphatic rings. The van der Waals surface area contributed by atoms with Gasteiger partial charge in [0.05, 0.1) is 5.56 Å². The number of esters is 1. The van der Waals surface area contributed by atoms with Gasteiger partial charge in [0.2, 0.25) is 0 Å². The topological polar surface area (TPSA) is 44.1 Å². The molecule has 31 heavy (non-hydrogen) atoms. The molecule has 4 aromatic rings. The number of imidazole rings is 1. The molecule has 4 nitrogen and oxygen atoms in total. The first-order chi connectivity index (χ1) is 15.1. The highest BCUT2D eigenvalue weighted by atomic mass is 35.5. The third-order valence-electron chi connectivity index (χ3n) is 4.61. The summed E-state index contributed by atoms with van der Waals surface area (Å²) in [5.74, 6) is 0.550. The first-order valence-electron chi connectivity index (χ1n) is 9.59. The monoisotopic (exact) mass is 448 g/mol. The van der Waals surface area contributed by atoms with Crippen LogP contribution < -0.4 is 0 Å². The van der Waals surface area contributed by atoms with Crippen LogP contribution >= 0.6 is 23.2 Å². The van der Waals surface area contributed by atoms with E-state index in [4.69, 9.17) is 27.9 Å². The number of carbonyl (C=O) groups is 1.